The Labute approximate surface area is 126 Å². The molecular weight excluding hydrogens is 256 g/mol. The minimum atomic E-state index is 0.343. The molecule has 0 N–H and O–H groups in total. The van der Waals surface area contributed by atoms with Crippen molar-refractivity contribution in [1.82, 2.24) is 4.57 Å². The average molecular weight is 277 g/mol. The van der Waals surface area contributed by atoms with Crippen LogP contribution in [0.2, 0.25) is 0 Å². The summed E-state index contributed by atoms with van der Waals surface area (Å²) in [6, 6.07) is 21.9. The van der Waals surface area contributed by atoms with Crippen molar-refractivity contribution < 1.29 is 4.57 Å². The van der Waals surface area contributed by atoms with Gasteiger partial charge in [-0.2, -0.15) is 0 Å². The molecule has 0 aliphatic rings. The lowest BCUT2D eigenvalue weighted by Gasteiger charge is -2.09. The molecule has 1 heterocycles. The van der Waals surface area contributed by atoms with Gasteiger partial charge in [0, 0.05) is 0 Å². The van der Waals surface area contributed by atoms with Crippen LogP contribution in [0.15, 0.2) is 79.4 Å². The van der Waals surface area contributed by atoms with Crippen LogP contribution in [0.4, 0.5) is 0 Å². The van der Waals surface area contributed by atoms with Gasteiger partial charge in [0.1, 0.15) is 24.5 Å². The highest BCUT2D eigenvalue weighted by molar-refractivity contribution is 5.19. The molecule has 2 nitrogen and oxygen atoms in total. The fraction of sp³-hybridized carbons (Fsp3) is 0.211. The van der Waals surface area contributed by atoms with Gasteiger partial charge in [-0.3, -0.25) is 0 Å². The second kappa shape index (κ2) is 5.96. The molecule has 2 aromatic carbocycles. The normalized spacial score (nSPS) is 13.8. The first kappa shape index (κ1) is 13.6. The third-order valence-corrected chi connectivity index (χ3v) is 4.14. The van der Waals surface area contributed by atoms with Gasteiger partial charge in [0.25, 0.3) is 0 Å². The summed E-state index contributed by atoms with van der Waals surface area (Å²) in [5.41, 5.74) is 2.65. The molecule has 2 atom stereocenters. The maximum atomic E-state index is 2.26. The predicted molar refractivity (Wildman–Crippen MR) is 85.1 cm³/mol. The Bertz CT molecular complexity index is 626. The van der Waals surface area contributed by atoms with Gasteiger partial charge < -0.3 is 0 Å². The minimum Gasteiger partial charge on any atom is -0.230 e. The van der Waals surface area contributed by atoms with Gasteiger partial charge in [-0.25, -0.2) is 9.13 Å². The number of benzene rings is 2. The zero-order valence-corrected chi connectivity index (χ0v) is 12.6. The Kier molecular flexibility index (Phi) is 3.87. The van der Waals surface area contributed by atoms with Crippen LogP contribution in [0.5, 0.6) is 0 Å². The van der Waals surface area contributed by atoms with Gasteiger partial charge in [0.2, 0.25) is 6.33 Å². The smallest absolute Gasteiger partial charge is 0.230 e. The zero-order valence-electron chi connectivity index (χ0n) is 12.6. The largest absolute Gasteiger partial charge is 0.244 e. The van der Waals surface area contributed by atoms with E-state index in [-0.39, 0.29) is 0 Å². The quantitative estimate of drug-likeness (QED) is 0.638. The van der Waals surface area contributed by atoms with E-state index in [1.54, 1.807) is 0 Å². The van der Waals surface area contributed by atoms with E-state index in [0.29, 0.717) is 12.1 Å². The maximum Gasteiger partial charge on any atom is 0.244 e. The van der Waals surface area contributed by atoms with Crippen LogP contribution in [0, 0.1) is 0 Å². The number of hydrogen-bond donors (Lipinski definition) is 0. The number of hydrogen-bond acceptors (Lipinski definition) is 0. The van der Waals surface area contributed by atoms with Gasteiger partial charge in [-0.05, 0) is 25.0 Å². The van der Waals surface area contributed by atoms with E-state index in [0.717, 1.165) is 0 Å². The van der Waals surface area contributed by atoms with Gasteiger partial charge in [0.05, 0.1) is 0 Å². The molecule has 0 saturated carbocycles. The summed E-state index contributed by atoms with van der Waals surface area (Å²) in [4.78, 5) is 0. The van der Waals surface area contributed by atoms with Crippen molar-refractivity contribution >= 4 is 0 Å². The number of rotatable bonds is 4. The van der Waals surface area contributed by atoms with E-state index < -0.39 is 0 Å². The Morgan fingerprint density at radius 3 is 2.00 bits per heavy atom. The minimum absolute atomic E-state index is 0.343. The number of aromatic nitrogens is 2. The molecule has 0 aliphatic heterocycles. The third-order valence-electron chi connectivity index (χ3n) is 4.14. The highest BCUT2D eigenvalue weighted by Crippen LogP contribution is 2.17. The standard InChI is InChI=1S/C19H21N2/c1-16(18-9-5-3-6-10-18)20-13-14-21(15-20)17(2)19-11-7-4-8-12-19/h3-17H,1-2H3/q+1/t16-,17-/m0/s1. The second-order valence-electron chi connectivity index (χ2n) is 5.48. The summed E-state index contributed by atoms with van der Waals surface area (Å²) >= 11 is 0. The summed E-state index contributed by atoms with van der Waals surface area (Å²) in [6.45, 7) is 4.46. The Morgan fingerprint density at radius 2 is 1.38 bits per heavy atom. The van der Waals surface area contributed by atoms with E-state index in [4.69, 9.17) is 0 Å². The van der Waals surface area contributed by atoms with E-state index in [1.807, 2.05) is 0 Å². The lowest BCUT2D eigenvalue weighted by Crippen LogP contribution is -2.36. The van der Waals surface area contributed by atoms with Crippen molar-refractivity contribution in [3.63, 3.8) is 0 Å². The van der Waals surface area contributed by atoms with Crippen molar-refractivity contribution in [1.29, 1.82) is 0 Å². The fourth-order valence-electron chi connectivity index (χ4n) is 2.65. The average Bonchev–Trinajstić information content (AvgIpc) is 3.05. The lowest BCUT2D eigenvalue weighted by atomic mass is 10.1. The number of nitrogens with zero attached hydrogens (tertiary/aromatic N) is 2. The lowest BCUT2D eigenvalue weighted by molar-refractivity contribution is -0.710. The molecule has 0 amide bonds. The number of imidazole rings is 1. The Hall–Kier alpha value is -2.35. The second-order valence-corrected chi connectivity index (χ2v) is 5.48. The van der Waals surface area contributed by atoms with Crippen molar-refractivity contribution in [2.24, 2.45) is 0 Å². The van der Waals surface area contributed by atoms with Gasteiger partial charge >= 0.3 is 0 Å². The zero-order chi connectivity index (χ0) is 14.7. The van der Waals surface area contributed by atoms with Crippen LogP contribution in [0.25, 0.3) is 0 Å². The first-order valence-corrected chi connectivity index (χ1v) is 7.44. The highest BCUT2D eigenvalue weighted by atomic mass is 15.1. The molecule has 0 unspecified atom stereocenters. The Morgan fingerprint density at radius 1 is 0.810 bits per heavy atom. The van der Waals surface area contributed by atoms with E-state index >= 15 is 0 Å². The molecule has 21 heavy (non-hydrogen) atoms. The van der Waals surface area contributed by atoms with Crippen molar-refractivity contribution in [2.75, 3.05) is 0 Å². The molecule has 0 bridgehead atoms. The van der Waals surface area contributed by atoms with Crippen LogP contribution < -0.4 is 4.57 Å². The Balaban J connectivity index is 1.84. The van der Waals surface area contributed by atoms with Crippen LogP contribution in [0.1, 0.15) is 37.1 Å². The summed E-state index contributed by atoms with van der Waals surface area (Å²) in [6.07, 6.45) is 6.49. The third kappa shape index (κ3) is 2.89. The maximum absolute atomic E-state index is 2.26. The van der Waals surface area contributed by atoms with Crippen LogP contribution in [0.3, 0.4) is 0 Å². The first-order chi connectivity index (χ1) is 10.3. The molecule has 3 aromatic rings. The van der Waals surface area contributed by atoms with Crippen LogP contribution in [-0.4, -0.2) is 4.57 Å². The molecule has 0 fully saturated rings. The monoisotopic (exact) mass is 277 g/mol. The molecule has 2 heteroatoms. The van der Waals surface area contributed by atoms with E-state index in [1.165, 1.54) is 11.1 Å². The summed E-state index contributed by atoms with van der Waals surface area (Å²) in [7, 11) is 0. The fourth-order valence-corrected chi connectivity index (χ4v) is 2.65. The van der Waals surface area contributed by atoms with Crippen molar-refractivity contribution in [3.05, 3.63) is 90.5 Å². The summed E-state index contributed by atoms with van der Waals surface area (Å²) < 4.78 is 4.52. The first-order valence-electron chi connectivity index (χ1n) is 7.44. The molecule has 0 spiro atoms. The van der Waals surface area contributed by atoms with Gasteiger partial charge in [0.15, 0.2) is 0 Å². The van der Waals surface area contributed by atoms with Crippen LogP contribution >= 0.6 is 0 Å². The predicted octanol–water partition coefficient (Wildman–Crippen LogP) is 3.99. The molecule has 1 aromatic heterocycles. The molecule has 0 saturated heterocycles. The summed E-state index contributed by atoms with van der Waals surface area (Å²) in [5.74, 6) is 0. The molecule has 106 valence electrons. The van der Waals surface area contributed by atoms with Gasteiger partial charge in [-0.15, -0.1) is 0 Å². The molecule has 3 rings (SSSR count). The molecule has 0 radical (unpaired) electrons. The topological polar surface area (TPSA) is 8.81 Å². The van der Waals surface area contributed by atoms with E-state index in [9.17, 15) is 0 Å². The molecular formula is C19H21N2+. The van der Waals surface area contributed by atoms with Crippen molar-refractivity contribution in [2.45, 2.75) is 25.9 Å². The molecule has 0 aliphatic carbocycles. The van der Waals surface area contributed by atoms with Gasteiger partial charge in [-0.1, -0.05) is 60.7 Å². The summed E-state index contributed by atoms with van der Waals surface area (Å²) in [5, 5.41) is 0. The van der Waals surface area contributed by atoms with Crippen LogP contribution in [-0.2, 0) is 0 Å². The SMILES string of the molecule is C[C@@H](c1ccccc1)n1cc[n+]([C@@H](C)c2ccccc2)c1. The van der Waals surface area contributed by atoms with E-state index in [2.05, 4.69) is 102 Å². The highest BCUT2D eigenvalue weighted by Gasteiger charge is 2.17. The van der Waals surface area contributed by atoms with Crippen molar-refractivity contribution in [3.8, 4) is 0 Å².